The van der Waals surface area contributed by atoms with Crippen LogP contribution in [0.5, 0.6) is 0 Å². The van der Waals surface area contributed by atoms with Gasteiger partial charge < -0.3 is 10.6 Å². The number of piperidine rings is 1. The summed E-state index contributed by atoms with van der Waals surface area (Å²) in [4.78, 5) is 12.6. The van der Waals surface area contributed by atoms with E-state index in [2.05, 4.69) is 16.7 Å². The van der Waals surface area contributed by atoms with Gasteiger partial charge in [0.25, 0.3) is 0 Å². The van der Waals surface area contributed by atoms with E-state index in [9.17, 15) is 4.79 Å². The number of hydrogen-bond acceptors (Lipinski definition) is 2. The summed E-state index contributed by atoms with van der Waals surface area (Å²) in [6, 6.07) is 7.97. The monoisotopic (exact) mass is 342 g/mol. The standard InChI is InChI=1S/C17H23ClN2O.ClH/c18-15-7-3-6-14(11-15)17(8-1-2-9-17)20-16(21)13-5-4-10-19-12-13;/h3,6-7,11,13,19H,1-2,4-5,8-10,12H2,(H,20,21);1H. The van der Waals surface area contributed by atoms with Gasteiger partial charge in [-0.2, -0.15) is 0 Å². The van der Waals surface area contributed by atoms with Crippen LogP contribution in [0.2, 0.25) is 5.02 Å². The number of carbonyl (C=O) groups is 1. The zero-order valence-electron chi connectivity index (χ0n) is 12.7. The van der Waals surface area contributed by atoms with Crippen LogP contribution in [0.3, 0.4) is 0 Å². The van der Waals surface area contributed by atoms with Crippen LogP contribution in [-0.4, -0.2) is 19.0 Å². The molecular weight excluding hydrogens is 319 g/mol. The second kappa shape index (κ2) is 7.67. The minimum Gasteiger partial charge on any atom is -0.346 e. The van der Waals surface area contributed by atoms with Crippen LogP contribution < -0.4 is 10.6 Å². The van der Waals surface area contributed by atoms with E-state index >= 15 is 0 Å². The maximum Gasteiger partial charge on any atom is 0.225 e. The van der Waals surface area contributed by atoms with Crippen molar-refractivity contribution in [2.24, 2.45) is 5.92 Å². The third-order valence-electron chi connectivity index (χ3n) is 4.86. The molecule has 22 heavy (non-hydrogen) atoms. The molecule has 0 spiro atoms. The number of benzene rings is 1. The maximum absolute atomic E-state index is 12.6. The molecule has 1 saturated carbocycles. The van der Waals surface area contributed by atoms with Crippen LogP contribution in [0.1, 0.15) is 44.1 Å². The number of carbonyl (C=O) groups excluding carboxylic acids is 1. The van der Waals surface area contributed by atoms with Crippen molar-refractivity contribution in [3.63, 3.8) is 0 Å². The van der Waals surface area contributed by atoms with Gasteiger partial charge in [-0.05, 0) is 49.9 Å². The fourth-order valence-electron chi connectivity index (χ4n) is 3.66. The highest BCUT2D eigenvalue weighted by molar-refractivity contribution is 6.30. The predicted octanol–water partition coefficient (Wildman–Crippen LogP) is 3.65. The van der Waals surface area contributed by atoms with Crippen LogP contribution in [-0.2, 0) is 10.3 Å². The normalized spacial score (nSPS) is 23.6. The first kappa shape index (κ1) is 17.6. The van der Waals surface area contributed by atoms with Crippen LogP contribution in [0.15, 0.2) is 24.3 Å². The first-order valence-electron chi connectivity index (χ1n) is 7.98. The van der Waals surface area contributed by atoms with Gasteiger partial charge in [-0.15, -0.1) is 12.4 Å². The Kier molecular flexibility index (Phi) is 6.13. The van der Waals surface area contributed by atoms with Crippen molar-refractivity contribution in [1.82, 2.24) is 10.6 Å². The highest BCUT2D eigenvalue weighted by atomic mass is 35.5. The van der Waals surface area contributed by atoms with E-state index < -0.39 is 0 Å². The smallest absolute Gasteiger partial charge is 0.225 e. The second-order valence-electron chi connectivity index (χ2n) is 6.33. The molecule has 1 amide bonds. The highest BCUT2D eigenvalue weighted by Crippen LogP contribution is 2.39. The number of rotatable bonds is 3. The molecule has 2 aliphatic rings. The van der Waals surface area contributed by atoms with Crippen LogP contribution in [0.25, 0.3) is 0 Å². The molecule has 1 aliphatic heterocycles. The lowest BCUT2D eigenvalue weighted by Gasteiger charge is -2.34. The Hall–Kier alpha value is -0.770. The Labute approximate surface area is 143 Å². The highest BCUT2D eigenvalue weighted by Gasteiger charge is 2.38. The van der Waals surface area contributed by atoms with Gasteiger partial charge in [0.15, 0.2) is 0 Å². The van der Waals surface area contributed by atoms with E-state index in [-0.39, 0.29) is 29.8 Å². The summed E-state index contributed by atoms with van der Waals surface area (Å²) in [5, 5.41) is 7.43. The van der Waals surface area contributed by atoms with Gasteiger partial charge in [-0.3, -0.25) is 4.79 Å². The molecule has 0 aromatic heterocycles. The molecule has 1 unspecified atom stereocenters. The van der Waals surface area contributed by atoms with Gasteiger partial charge in [0, 0.05) is 11.6 Å². The molecule has 122 valence electrons. The Balaban J connectivity index is 0.00000176. The predicted molar refractivity (Wildman–Crippen MR) is 92.6 cm³/mol. The van der Waals surface area contributed by atoms with E-state index in [4.69, 9.17) is 11.6 Å². The Morgan fingerprint density at radius 1 is 1.27 bits per heavy atom. The lowest BCUT2D eigenvalue weighted by Crippen LogP contribution is -2.49. The number of hydrogen-bond donors (Lipinski definition) is 2. The molecule has 0 bridgehead atoms. The first-order valence-corrected chi connectivity index (χ1v) is 8.36. The SMILES string of the molecule is Cl.O=C(NC1(c2cccc(Cl)c2)CCCC1)C1CCCNC1. The number of amides is 1. The largest absolute Gasteiger partial charge is 0.346 e. The van der Waals surface area contributed by atoms with Crippen LogP contribution in [0.4, 0.5) is 0 Å². The lowest BCUT2D eigenvalue weighted by molar-refractivity contribution is -0.127. The Morgan fingerprint density at radius 3 is 2.68 bits per heavy atom. The van der Waals surface area contributed by atoms with E-state index in [1.807, 2.05) is 18.2 Å². The summed E-state index contributed by atoms with van der Waals surface area (Å²) < 4.78 is 0. The van der Waals surface area contributed by atoms with Gasteiger partial charge in [0.2, 0.25) is 5.91 Å². The minimum absolute atomic E-state index is 0. The third-order valence-corrected chi connectivity index (χ3v) is 5.10. The summed E-state index contributed by atoms with van der Waals surface area (Å²) in [6.07, 6.45) is 6.43. The van der Waals surface area contributed by atoms with E-state index in [0.717, 1.165) is 62.2 Å². The molecule has 1 aromatic carbocycles. The number of nitrogens with one attached hydrogen (secondary N) is 2. The number of halogens is 2. The van der Waals surface area contributed by atoms with Crippen LogP contribution in [0, 0.1) is 5.92 Å². The molecule has 3 nitrogen and oxygen atoms in total. The quantitative estimate of drug-likeness (QED) is 0.880. The molecule has 2 N–H and O–H groups in total. The second-order valence-corrected chi connectivity index (χ2v) is 6.77. The van der Waals surface area contributed by atoms with Gasteiger partial charge in [-0.25, -0.2) is 0 Å². The Morgan fingerprint density at radius 2 is 2.05 bits per heavy atom. The van der Waals surface area contributed by atoms with Crippen LogP contribution >= 0.6 is 24.0 Å². The molecule has 1 aromatic rings. The Bertz CT molecular complexity index is 509. The zero-order chi connectivity index (χ0) is 14.7. The van der Waals surface area contributed by atoms with Crippen molar-refractivity contribution in [2.75, 3.05) is 13.1 Å². The van der Waals surface area contributed by atoms with Crippen molar-refractivity contribution in [1.29, 1.82) is 0 Å². The summed E-state index contributed by atoms with van der Waals surface area (Å²) in [5.41, 5.74) is 0.948. The minimum atomic E-state index is -0.209. The molecule has 1 heterocycles. The van der Waals surface area contributed by atoms with Crippen molar-refractivity contribution in [3.05, 3.63) is 34.9 Å². The van der Waals surface area contributed by atoms with E-state index in [1.54, 1.807) is 0 Å². The van der Waals surface area contributed by atoms with Crippen molar-refractivity contribution >= 4 is 29.9 Å². The first-order chi connectivity index (χ1) is 10.2. The molecular formula is C17H24Cl2N2O. The maximum atomic E-state index is 12.6. The summed E-state index contributed by atoms with van der Waals surface area (Å²) in [6.45, 7) is 1.83. The van der Waals surface area contributed by atoms with E-state index in [0.29, 0.717) is 0 Å². The van der Waals surface area contributed by atoms with Crippen molar-refractivity contribution < 1.29 is 4.79 Å². The zero-order valence-corrected chi connectivity index (χ0v) is 14.3. The van der Waals surface area contributed by atoms with Crippen molar-refractivity contribution in [2.45, 2.75) is 44.1 Å². The topological polar surface area (TPSA) is 41.1 Å². The average Bonchev–Trinajstić information content (AvgIpc) is 2.98. The van der Waals surface area contributed by atoms with Crippen molar-refractivity contribution in [3.8, 4) is 0 Å². The van der Waals surface area contributed by atoms with Gasteiger partial charge >= 0.3 is 0 Å². The molecule has 1 aliphatic carbocycles. The van der Waals surface area contributed by atoms with Gasteiger partial charge in [0.05, 0.1) is 11.5 Å². The third kappa shape index (κ3) is 3.76. The fraction of sp³-hybridized carbons (Fsp3) is 0.588. The lowest BCUT2D eigenvalue weighted by atomic mass is 9.86. The molecule has 1 atom stereocenters. The van der Waals surface area contributed by atoms with E-state index in [1.165, 1.54) is 0 Å². The fourth-order valence-corrected chi connectivity index (χ4v) is 3.85. The molecule has 2 fully saturated rings. The summed E-state index contributed by atoms with van der Waals surface area (Å²) in [5.74, 6) is 0.305. The molecule has 0 radical (unpaired) electrons. The average molecular weight is 343 g/mol. The van der Waals surface area contributed by atoms with Gasteiger partial charge in [0.1, 0.15) is 0 Å². The summed E-state index contributed by atoms with van der Waals surface area (Å²) >= 11 is 6.15. The molecule has 3 rings (SSSR count). The molecule has 5 heteroatoms. The van der Waals surface area contributed by atoms with Gasteiger partial charge in [-0.1, -0.05) is 36.6 Å². The molecule has 1 saturated heterocycles. The summed E-state index contributed by atoms with van der Waals surface area (Å²) in [7, 11) is 0.